The number of benzene rings is 1. The van der Waals surface area contributed by atoms with Crippen LogP contribution >= 0.6 is 27.5 Å². The standard InChI is InChI=1S/C16H19BrClNO2/c17-13-8-12(18)6-5-11(13)9-19-14-4-2-1-3-10(14)7-15(19)16(20)21/h5-6,8,10,14-15H,1-4,7,9H2,(H,20,21). The molecule has 1 aliphatic carbocycles. The van der Waals surface area contributed by atoms with Crippen LogP contribution in [-0.2, 0) is 11.3 Å². The highest BCUT2D eigenvalue weighted by Crippen LogP contribution is 2.41. The fraction of sp³-hybridized carbons (Fsp3) is 0.562. The number of hydrogen-bond donors (Lipinski definition) is 1. The highest BCUT2D eigenvalue weighted by atomic mass is 79.9. The zero-order valence-corrected chi connectivity index (χ0v) is 14.1. The highest BCUT2D eigenvalue weighted by molar-refractivity contribution is 9.10. The average Bonchev–Trinajstić information content (AvgIpc) is 2.81. The van der Waals surface area contributed by atoms with Gasteiger partial charge < -0.3 is 5.11 Å². The normalized spacial score (nSPS) is 29.3. The molecule has 2 fully saturated rings. The molecule has 2 aliphatic rings. The first kappa shape index (κ1) is 15.3. The number of nitrogens with zero attached hydrogens (tertiary/aromatic N) is 1. The van der Waals surface area contributed by atoms with Gasteiger partial charge in [0.1, 0.15) is 6.04 Å². The fourth-order valence-corrected chi connectivity index (χ4v) is 4.68. The van der Waals surface area contributed by atoms with Crippen LogP contribution < -0.4 is 0 Å². The lowest BCUT2D eigenvalue weighted by Crippen LogP contribution is -2.41. The fourth-order valence-electron chi connectivity index (χ4n) is 3.87. The largest absolute Gasteiger partial charge is 0.480 e. The van der Waals surface area contributed by atoms with Crippen LogP contribution in [0, 0.1) is 5.92 Å². The van der Waals surface area contributed by atoms with Gasteiger partial charge in [0.15, 0.2) is 0 Å². The minimum Gasteiger partial charge on any atom is -0.480 e. The van der Waals surface area contributed by atoms with Crippen molar-refractivity contribution < 1.29 is 9.90 Å². The molecule has 3 rings (SSSR count). The van der Waals surface area contributed by atoms with Crippen molar-refractivity contribution in [3.05, 3.63) is 33.3 Å². The first-order valence-electron chi connectivity index (χ1n) is 7.48. The lowest BCUT2D eigenvalue weighted by molar-refractivity contribution is -0.142. The Bertz CT molecular complexity index is 551. The molecule has 114 valence electrons. The number of rotatable bonds is 3. The maximum Gasteiger partial charge on any atom is 0.320 e. The van der Waals surface area contributed by atoms with Crippen molar-refractivity contribution in [1.29, 1.82) is 0 Å². The quantitative estimate of drug-likeness (QED) is 0.859. The Hall–Kier alpha value is -0.580. The van der Waals surface area contributed by atoms with Crippen molar-refractivity contribution >= 4 is 33.5 Å². The molecule has 1 aliphatic heterocycles. The van der Waals surface area contributed by atoms with Crippen molar-refractivity contribution in [2.75, 3.05) is 0 Å². The van der Waals surface area contributed by atoms with E-state index in [4.69, 9.17) is 11.6 Å². The monoisotopic (exact) mass is 371 g/mol. The summed E-state index contributed by atoms with van der Waals surface area (Å²) in [6.07, 6.45) is 5.55. The van der Waals surface area contributed by atoms with Crippen LogP contribution in [-0.4, -0.2) is 28.1 Å². The molecule has 1 saturated heterocycles. The minimum absolute atomic E-state index is 0.347. The van der Waals surface area contributed by atoms with Gasteiger partial charge in [-0.2, -0.15) is 0 Å². The molecule has 3 nitrogen and oxygen atoms in total. The average molecular weight is 373 g/mol. The van der Waals surface area contributed by atoms with Crippen molar-refractivity contribution in [1.82, 2.24) is 4.90 Å². The third-order valence-corrected chi connectivity index (χ3v) is 5.85. The molecule has 1 heterocycles. The second-order valence-electron chi connectivity index (χ2n) is 6.11. The predicted octanol–water partition coefficient (Wildman–Crippen LogP) is 4.32. The molecule has 3 atom stereocenters. The van der Waals surface area contributed by atoms with Crippen LogP contribution in [0.5, 0.6) is 0 Å². The van der Waals surface area contributed by atoms with Crippen LogP contribution in [0.1, 0.15) is 37.7 Å². The molecule has 5 heteroatoms. The number of fused-ring (bicyclic) bond motifs is 1. The molecule has 1 aromatic rings. The lowest BCUT2D eigenvalue weighted by atomic mass is 9.84. The van der Waals surface area contributed by atoms with E-state index in [-0.39, 0.29) is 6.04 Å². The summed E-state index contributed by atoms with van der Waals surface area (Å²) in [4.78, 5) is 13.8. The minimum atomic E-state index is -0.686. The van der Waals surface area contributed by atoms with E-state index in [0.717, 1.165) is 22.9 Å². The van der Waals surface area contributed by atoms with Crippen molar-refractivity contribution in [2.45, 2.75) is 50.7 Å². The molecule has 1 saturated carbocycles. The Kier molecular flexibility index (Phi) is 4.57. The number of likely N-dealkylation sites (tertiary alicyclic amines) is 1. The van der Waals surface area contributed by atoms with E-state index < -0.39 is 5.97 Å². The van der Waals surface area contributed by atoms with Gasteiger partial charge in [-0.15, -0.1) is 0 Å². The van der Waals surface area contributed by atoms with Crippen molar-refractivity contribution in [2.24, 2.45) is 5.92 Å². The summed E-state index contributed by atoms with van der Waals surface area (Å²) in [5.41, 5.74) is 1.11. The Morgan fingerprint density at radius 1 is 1.38 bits per heavy atom. The lowest BCUT2D eigenvalue weighted by Gasteiger charge is -2.33. The number of carboxylic acid groups (broad SMARTS) is 1. The number of halogens is 2. The molecular formula is C16H19BrClNO2. The summed E-state index contributed by atoms with van der Waals surface area (Å²) in [6.45, 7) is 0.676. The van der Waals surface area contributed by atoms with Gasteiger partial charge in [-0.05, 0) is 42.9 Å². The predicted molar refractivity (Wildman–Crippen MR) is 86.5 cm³/mol. The summed E-state index contributed by atoms with van der Waals surface area (Å²) in [6, 6.07) is 5.80. The zero-order valence-electron chi connectivity index (χ0n) is 11.8. The molecule has 0 radical (unpaired) electrons. The SMILES string of the molecule is O=C(O)C1CC2CCCCC2N1Cc1ccc(Cl)cc1Br. The van der Waals surface area contributed by atoms with E-state index in [1.54, 1.807) is 0 Å². The molecule has 0 amide bonds. The molecule has 0 aromatic heterocycles. The topological polar surface area (TPSA) is 40.5 Å². The zero-order chi connectivity index (χ0) is 15.0. The Morgan fingerprint density at radius 3 is 2.86 bits per heavy atom. The number of aliphatic carboxylic acids is 1. The van der Waals surface area contributed by atoms with Gasteiger partial charge in [-0.25, -0.2) is 0 Å². The first-order chi connectivity index (χ1) is 10.1. The molecular weight excluding hydrogens is 354 g/mol. The summed E-state index contributed by atoms with van der Waals surface area (Å²) in [7, 11) is 0. The van der Waals surface area contributed by atoms with Crippen LogP contribution in [0.4, 0.5) is 0 Å². The summed E-state index contributed by atoms with van der Waals surface area (Å²) in [5, 5.41) is 10.2. The van der Waals surface area contributed by atoms with Crippen LogP contribution in [0.2, 0.25) is 5.02 Å². The van der Waals surface area contributed by atoms with Gasteiger partial charge in [0.25, 0.3) is 0 Å². The smallest absolute Gasteiger partial charge is 0.320 e. The summed E-state index contributed by atoms with van der Waals surface area (Å²) >= 11 is 9.53. The van der Waals surface area contributed by atoms with E-state index in [1.165, 1.54) is 19.3 Å². The Balaban J connectivity index is 1.84. The highest BCUT2D eigenvalue weighted by Gasteiger charge is 2.45. The third-order valence-electron chi connectivity index (χ3n) is 4.87. The van der Waals surface area contributed by atoms with E-state index >= 15 is 0 Å². The van der Waals surface area contributed by atoms with Gasteiger partial charge in [0.2, 0.25) is 0 Å². The van der Waals surface area contributed by atoms with E-state index in [1.807, 2.05) is 18.2 Å². The maximum atomic E-state index is 11.6. The number of hydrogen-bond acceptors (Lipinski definition) is 2. The van der Waals surface area contributed by atoms with E-state index in [0.29, 0.717) is 23.5 Å². The third kappa shape index (κ3) is 3.13. The van der Waals surface area contributed by atoms with Crippen molar-refractivity contribution in [3.8, 4) is 0 Å². The van der Waals surface area contributed by atoms with Crippen molar-refractivity contribution in [3.63, 3.8) is 0 Å². The second kappa shape index (κ2) is 6.27. The first-order valence-corrected chi connectivity index (χ1v) is 8.66. The van der Waals surface area contributed by atoms with Gasteiger partial charge in [-0.1, -0.05) is 46.4 Å². The molecule has 0 bridgehead atoms. The second-order valence-corrected chi connectivity index (χ2v) is 7.40. The number of carbonyl (C=O) groups is 1. The summed E-state index contributed by atoms with van der Waals surface area (Å²) in [5.74, 6) is -0.139. The maximum absolute atomic E-state index is 11.6. The summed E-state index contributed by atoms with van der Waals surface area (Å²) < 4.78 is 0.957. The Labute approximate surface area is 138 Å². The van der Waals surface area contributed by atoms with E-state index in [2.05, 4.69) is 20.8 Å². The molecule has 0 spiro atoms. The molecule has 3 unspecified atom stereocenters. The van der Waals surface area contributed by atoms with Crippen LogP contribution in [0.3, 0.4) is 0 Å². The van der Waals surface area contributed by atoms with Gasteiger partial charge >= 0.3 is 5.97 Å². The van der Waals surface area contributed by atoms with Gasteiger partial charge in [-0.3, -0.25) is 9.69 Å². The number of carboxylic acids is 1. The van der Waals surface area contributed by atoms with Crippen LogP contribution in [0.25, 0.3) is 0 Å². The molecule has 1 N–H and O–H groups in total. The van der Waals surface area contributed by atoms with Gasteiger partial charge in [0, 0.05) is 22.1 Å². The van der Waals surface area contributed by atoms with Gasteiger partial charge in [0.05, 0.1) is 0 Å². The molecule has 1 aromatic carbocycles. The molecule has 21 heavy (non-hydrogen) atoms. The van der Waals surface area contributed by atoms with Crippen LogP contribution in [0.15, 0.2) is 22.7 Å². The Morgan fingerprint density at radius 2 is 2.14 bits per heavy atom. The van der Waals surface area contributed by atoms with E-state index in [9.17, 15) is 9.90 Å².